The summed E-state index contributed by atoms with van der Waals surface area (Å²) in [6.45, 7) is 5.75. The van der Waals surface area contributed by atoms with E-state index in [-0.39, 0.29) is 18.6 Å². The number of nitrogens with zero attached hydrogens (tertiary/aromatic N) is 2. The summed E-state index contributed by atoms with van der Waals surface area (Å²) in [6, 6.07) is 9.47. The van der Waals surface area contributed by atoms with Crippen LogP contribution in [0.15, 0.2) is 36.5 Å². The zero-order valence-electron chi connectivity index (χ0n) is 16.7. The van der Waals surface area contributed by atoms with Crippen molar-refractivity contribution in [2.45, 2.75) is 26.2 Å². The van der Waals surface area contributed by atoms with E-state index in [0.29, 0.717) is 12.4 Å². The lowest BCUT2D eigenvalue weighted by molar-refractivity contribution is -0.121. The third kappa shape index (κ3) is 5.17. The van der Waals surface area contributed by atoms with Gasteiger partial charge >= 0.3 is 0 Å². The summed E-state index contributed by atoms with van der Waals surface area (Å²) in [5.74, 6) is 3.07. The molecular weight excluding hydrogens is 370 g/mol. The maximum absolute atomic E-state index is 12.5. The minimum atomic E-state index is 0.0541. The Morgan fingerprint density at radius 2 is 2.03 bits per heavy atom. The molecule has 2 aliphatic heterocycles. The fourth-order valence-corrected chi connectivity index (χ4v) is 3.70. The lowest BCUT2D eigenvalue weighted by Crippen LogP contribution is -2.39. The second-order valence-electron chi connectivity index (χ2n) is 7.54. The van der Waals surface area contributed by atoms with Crippen molar-refractivity contribution < 1.29 is 19.0 Å². The fraction of sp³-hybridized carbons (Fsp3) is 0.455. The summed E-state index contributed by atoms with van der Waals surface area (Å²) < 4.78 is 16.5. The average Bonchev–Trinajstić information content (AvgIpc) is 3.19. The Kier molecular flexibility index (Phi) is 6.14. The molecule has 0 atom stereocenters. The van der Waals surface area contributed by atoms with Gasteiger partial charge < -0.3 is 24.4 Å². The number of aryl methyl sites for hydroxylation is 1. The van der Waals surface area contributed by atoms with Crippen molar-refractivity contribution >= 4 is 11.7 Å². The molecule has 0 aliphatic carbocycles. The predicted molar refractivity (Wildman–Crippen MR) is 109 cm³/mol. The van der Waals surface area contributed by atoms with Crippen LogP contribution in [-0.4, -0.2) is 48.8 Å². The van der Waals surface area contributed by atoms with Crippen LogP contribution in [0.2, 0.25) is 0 Å². The molecule has 1 amide bonds. The third-order valence-corrected chi connectivity index (χ3v) is 5.36. The summed E-state index contributed by atoms with van der Waals surface area (Å²) in [5.41, 5.74) is 1.09. The van der Waals surface area contributed by atoms with Gasteiger partial charge in [0.2, 0.25) is 12.7 Å². The van der Waals surface area contributed by atoms with Gasteiger partial charge in [-0.05, 0) is 69.1 Å². The number of hydrogen-bond donors (Lipinski definition) is 1. The Balaban J connectivity index is 1.14. The van der Waals surface area contributed by atoms with Gasteiger partial charge in [0.05, 0.1) is 6.61 Å². The van der Waals surface area contributed by atoms with Crippen molar-refractivity contribution in [2.75, 3.05) is 38.4 Å². The number of hydrogen-bond acceptors (Lipinski definition) is 6. The smallest absolute Gasteiger partial charge is 0.231 e. The van der Waals surface area contributed by atoms with Gasteiger partial charge in [-0.3, -0.25) is 4.79 Å². The molecule has 1 N–H and O–H groups in total. The van der Waals surface area contributed by atoms with Crippen molar-refractivity contribution in [3.05, 3.63) is 42.1 Å². The molecule has 0 spiro atoms. The van der Waals surface area contributed by atoms with Crippen LogP contribution < -0.4 is 19.5 Å². The summed E-state index contributed by atoms with van der Waals surface area (Å²) in [5, 5.41) is 2.95. The van der Waals surface area contributed by atoms with Crippen LogP contribution in [0.3, 0.4) is 0 Å². The van der Waals surface area contributed by atoms with Gasteiger partial charge in [0.15, 0.2) is 11.5 Å². The minimum Gasteiger partial charge on any atom is -0.493 e. The van der Waals surface area contributed by atoms with Crippen LogP contribution in [0.1, 0.15) is 24.8 Å². The molecule has 2 aromatic rings. The molecule has 1 saturated heterocycles. The molecule has 1 fully saturated rings. The number of nitrogens with one attached hydrogen (secondary N) is 1. The van der Waals surface area contributed by atoms with Gasteiger partial charge in [0, 0.05) is 24.7 Å². The monoisotopic (exact) mass is 397 g/mol. The highest BCUT2D eigenvalue weighted by atomic mass is 16.7. The zero-order valence-corrected chi connectivity index (χ0v) is 16.7. The normalized spacial score (nSPS) is 16.6. The van der Waals surface area contributed by atoms with Gasteiger partial charge in [0.25, 0.3) is 0 Å². The number of fused-ring (bicyclic) bond motifs is 1. The van der Waals surface area contributed by atoms with Crippen LogP contribution in [0.5, 0.6) is 17.2 Å². The van der Waals surface area contributed by atoms with Crippen molar-refractivity contribution in [3.63, 3.8) is 0 Å². The second-order valence-corrected chi connectivity index (χ2v) is 7.54. The molecule has 7 heteroatoms. The number of carbonyl (C=O) groups is 1. The Hall–Kier alpha value is -2.80. The molecule has 2 aliphatic rings. The van der Waals surface area contributed by atoms with Crippen molar-refractivity contribution in [2.24, 2.45) is 5.92 Å². The van der Waals surface area contributed by atoms with Gasteiger partial charge in [-0.1, -0.05) is 0 Å². The molecule has 154 valence electrons. The standard InChI is InChI=1S/C22H27N3O4/c1-16-5-8-23-21(13-16)24-22(26)17-6-10-25(11-7-17)9-2-12-27-18-3-4-19-20(14-18)29-15-28-19/h3-5,8,13-14,17H,2,6-7,9-12,15H2,1H3,(H,23,24,26). The first-order valence-electron chi connectivity index (χ1n) is 10.2. The molecular formula is C22H27N3O4. The molecule has 29 heavy (non-hydrogen) atoms. The van der Waals surface area contributed by atoms with Gasteiger partial charge in [-0.2, -0.15) is 0 Å². The molecule has 1 aromatic carbocycles. The Morgan fingerprint density at radius 1 is 1.21 bits per heavy atom. The van der Waals surface area contributed by atoms with E-state index < -0.39 is 0 Å². The maximum Gasteiger partial charge on any atom is 0.231 e. The van der Waals surface area contributed by atoms with E-state index in [2.05, 4.69) is 15.2 Å². The van der Waals surface area contributed by atoms with E-state index in [0.717, 1.165) is 61.7 Å². The molecule has 0 radical (unpaired) electrons. The number of aromatic nitrogens is 1. The topological polar surface area (TPSA) is 72.9 Å². The van der Waals surface area contributed by atoms with E-state index in [9.17, 15) is 4.79 Å². The van der Waals surface area contributed by atoms with Crippen molar-refractivity contribution in [1.82, 2.24) is 9.88 Å². The number of amides is 1. The zero-order chi connectivity index (χ0) is 20.1. The molecule has 3 heterocycles. The lowest BCUT2D eigenvalue weighted by Gasteiger charge is -2.31. The van der Waals surface area contributed by atoms with Crippen LogP contribution in [0.25, 0.3) is 0 Å². The maximum atomic E-state index is 12.5. The molecule has 0 saturated carbocycles. The summed E-state index contributed by atoms with van der Waals surface area (Å²) in [4.78, 5) is 19.1. The molecule has 1 aromatic heterocycles. The second kappa shape index (κ2) is 9.13. The quantitative estimate of drug-likeness (QED) is 0.723. The Labute approximate surface area is 171 Å². The largest absolute Gasteiger partial charge is 0.493 e. The molecule has 0 bridgehead atoms. The summed E-state index contributed by atoms with van der Waals surface area (Å²) in [7, 11) is 0. The van der Waals surface area contributed by atoms with Crippen LogP contribution in [-0.2, 0) is 4.79 Å². The third-order valence-electron chi connectivity index (χ3n) is 5.36. The number of anilines is 1. The first-order valence-corrected chi connectivity index (χ1v) is 10.2. The SMILES string of the molecule is Cc1ccnc(NC(=O)C2CCN(CCCOc3ccc4c(c3)OCO4)CC2)c1. The molecule has 0 unspecified atom stereocenters. The number of piperidine rings is 1. The van der Waals surface area contributed by atoms with E-state index in [1.54, 1.807) is 6.20 Å². The fourth-order valence-electron chi connectivity index (χ4n) is 3.70. The Morgan fingerprint density at radius 3 is 2.86 bits per heavy atom. The summed E-state index contributed by atoms with van der Waals surface area (Å²) in [6.07, 6.45) is 4.42. The number of benzene rings is 1. The van der Waals surface area contributed by atoms with E-state index >= 15 is 0 Å². The summed E-state index contributed by atoms with van der Waals surface area (Å²) >= 11 is 0. The number of pyridine rings is 1. The van der Waals surface area contributed by atoms with Crippen molar-refractivity contribution in [1.29, 1.82) is 0 Å². The van der Waals surface area contributed by atoms with Gasteiger partial charge in [-0.15, -0.1) is 0 Å². The van der Waals surface area contributed by atoms with Crippen molar-refractivity contribution in [3.8, 4) is 17.2 Å². The van der Waals surface area contributed by atoms with Crippen LogP contribution in [0.4, 0.5) is 5.82 Å². The lowest BCUT2D eigenvalue weighted by atomic mass is 9.96. The highest BCUT2D eigenvalue weighted by Gasteiger charge is 2.25. The van der Waals surface area contributed by atoms with E-state index in [1.165, 1.54) is 0 Å². The number of likely N-dealkylation sites (tertiary alicyclic amines) is 1. The first-order chi connectivity index (χ1) is 14.2. The van der Waals surface area contributed by atoms with Crippen LogP contribution >= 0.6 is 0 Å². The average molecular weight is 397 g/mol. The number of ether oxygens (including phenoxy) is 3. The van der Waals surface area contributed by atoms with E-state index in [4.69, 9.17) is 14.2 Å². The molecule has 7 nitrogen and oxygen atoms in total. The highest BCUT2D eigenvalue weighted by Crippen LogP contribution is 2.35. The van der Waals surface area contributed by atoms with E-state index in [1.807, 2.05) is 37.3 Å². The molecule has 4 rings (SSSR count). The number of carbonyl (C=O) groups excluding carboxylic acids is 1. The van der Waals surface area contributed by atoms with Gasteiger partial charge in [0.1, 0.15) is 11.6 Å². The first kappa shape index (κ1) is 19.5. The van der Waals surface area contributed by atoms with Gasteiger partial charge in [-0.25, -0.2) is 4.98 Å². The minimum absolute atomic E-state index is 0.0541. The predicted octanol–water partition coefficient (Wildman–Crippen LogP) is 3.24. The highest BCUT2D eigenvalue weighted by molar-refractivity contribution is 5.91. The Bertz CT molecular complexity index is 850. The number of rotatable bonds is 7. The van der Waals surface area contributed by atoms with Crippen LogP contribution in [0, 0.1) is 12.8 Å².